The van der Waals surface area contributed by atoms with E-state index in [1.54, 1.807) is 0 Å². The predicted octanol–water partition coefficient (Wildman–Crippen LogP) is 12.5. The van der Waals surface area contributed by atoms with Crippen molar-refractivity contribution in [3.63, 3.8) is 0 Å². The molecule has 5 heterocycles. The van der Waals surface area contributed by atoms with Gasteiger partial charge in [0.2, 0.25) is 11.7 Å². The van der Waals surface area contributed by atoms with Crippen molar-refractivity contribution < 1.29 is 0 Å². The molecular weight excluding hydrogens is 907 g/mol. The Kier molecular flexibility index (Phi) is 9.14. The highest BCUT2D eigenvalue weighted by Crippen LogP contribution is 2.35. The highest BCUT2D eigenvalue weighted by molar-refractivity contribution is 7.19. The summed E-state index contributed by atoms with van der Waals surface area (Å²) in [6.07, 6.45) is 0. The molecule has 10 aromatic carbocycles. The van der Waals surface area contributed by atoms with E-state index in [-0.39, 0.29) is 0 Å². The molecule has 7 nitrogen and oxygen atoms in total. The second kappa shape index (κ2) is 16.2. The fraction of sp³-hybridized carbons (Fsp3) is 0. The van der Waals surface area contributed by atoms with Gasteiger partial charge in [-0.15, -0.1) is 0 Å². The number of fused-ring (bicyclic) bond motifs is 11. The van der Waals surface area contributed by atoms with E-state index in [9.17, 15) is 0 Å². The van der Waals surface area contributed by atoms with Crippen LogP contribution in [0.15, 0.2) is 261 Å². The first-order valence-electron chi connectivity index (χ1n) is 24.8. The topological polar surface area (TPSA) is 57.9 Å². The molecule has 15 rings (SSSR count). The van der Waals surface area contributed by atoms with Crippen LogP contribution in [0, 0.1) is 0 Å². The van der Waals surface area contributed by atoms with Gasteiger partial charge in [-0.05, 0) is 81.4 Å². The fourth-order valence-electron chi connectivity index (χ4n) is 11.8. The standard InChI is InChI=1S/C65H43N7Si/c1-3-19-46(20-4-1)73(47-21-5-2-6-22-47,49-41-37-45(38-42-49)69-56-28-12-7-23-50(56)51-24-8-13-29-57(51)69)48-39-35-44(36-40-48)55-43-63(68-64(66-55)70-58-30-14-9-25-52(58)53-26-10-15-31-59(53)70)72-62-34-18-17-33-61(62)71-60-32-16-11-27-54(60)67-65(71)72/h1-43H. The van der Waals surface area contributed by atoms with Gasteiger partial charge in [0.15, 0.2) is 8.07 Å². The largest absolute Gasteiger partial charge is 0.309 e. The molecule has 0 aliphatic carbocycles. The Morgan fingerprint density at radius 1 is 0.301 bits per heavy atom. The molecule has 73 heavy (non-hydrogen) atoms. The van der Waals surface area contributed by atoms with Gasteiger partial charge in [-0.25, -0.2) is 9.97 Å². The van der Waals surface area contributed by atoms with Crippen LogP contribution in [0.4, 0.5) is 0 Å². The Morgan fingerprint density at radius 3 is 1.27 bits per heavy atom. The van der Waals surface area contributed by atoms with Crippen LogP contribution in [-0.4, -0.2) is 41.1 Å². The summed E-state index contributed by atoms with van der Waals surface area (Å²) in [4.78, 5) is 16.3. The van der Waals surface area contributed by atoms with Gasteiger partial charge in [0.25, 0.3) is 0 Å². The van der Waals surface area contributed by atoms with Crippen molar-refractivity contribution in [2.24, 2.45) is 0 Å². The van der Waals surface area contributed by atoms with Gasteiger partial charge in [0.05, 0.1) is 49.8 Å². The van der Waals surface area contributed by atoms with E-state index in [0.717, 1.165) is 72.4 Å². The van der Waals surface area contributed by atoms with Crippen molar-refractivity contribution >= 4 is 100 Å². The van der Waals surface area contributed by atoms with E-state index in [1.807, 2.05) is 6.07 Å². The van der Waals surface area contributed by atoms with Crippen molar-refractivity contribution in [1.82, 2.24) is 33.1 Å². The second-order valence-corrected chi connectivity index (χ2v) is 22.6. The van der Waals surface area contributed by atoms with Crippen LogP contribution in [0.3, 0.4) is 0 Å². The third kappa shape index (κ3) is 6.14. The van der Waals surface area contributed by atoms with E-state index in [2.05, 4.69) is 273 Å². The zero-order valence-electron chi connectivity index (χ0n) is 39.5. The van der Waals surface area contributed by atoms with Crippen LogP contribution in [0.5, 0.6) is 0 Å². The Morgan fingerprint density at radius 2 is 0.726 bits per heavy atom. The maximum absolute atomic E-state index is 5.52. The highest BCUT2D eigenvalue weighted by atomic mass is 28.3. The average molecular weight is 950 g/mol. The normalized spacial score (nSPS) is 12.1. The van der Waals surface area contributed by atoms with Gasteiger partial charge < -0.3 is 4.57 Å². The molecule has 0 aliphatic rings. The lowest BCUT2D eigenvalue weighted by molar-refractivity contribution is 0.943. The first-order valence-corrected chi connectivity index (χ1v) is 26.8. The zero-order valence-corrected chi connectivity index (χ0v) is 40.5. The monoisotopic (exact) mass is 949 g/mol. The van der Waals surface area contributed by atoms with Crippen LogP contribution in [0.25, 0.3) is 100 Å². The van der Waals surface area contributed by atoms with Gasteiger partial charge in [-0.1, -0.05) is 194 Å². The molecule has 0 saturated heterocycles. The van der Waals surface area contributed by atoms with Crippen LogP contribution in [0.1, 0.15) is 0 Å². The van der Waals surface area contributed by atoms with E-state index < -0.39 is 8.07 Å². The molecule has 0 amide bonds. The van der Waals surface area contributed by atoms with E-state index in [0.29, 0.717) is 5.95 Å². The molecule has 0 saturated carbocycles. The van der Waals surface area contributed by atoms with Gasteiger partial charge in [0, 0.05) is 38.9 Å². The molecule has 5 aromatic heterocycles. The fourth-order valence-corrected chi connectivity index (χ4v) is 16.5. The number of para-hydroxylation sites is 8. The van der Waals surface area contributed by atoms with E-state index in [4.69, 9.17) is 15.0 Å². The van der Waals surface area contributed by atoms with Crippen LogP contribution >= 0.6 is 0 Å². The van der Waals surface area contributed by atoms with Gasteiger partial charge in [-0.2, -0.15) is 4.98 Å². The molecular formula is C65H43N7Si. The molecule has 0 unspecified atom stereocenters. The Hall–Kier alpha value is -9.63. The van der Waals surface area contributed by atoms with Crippen LogP contribution in [-0.2, 0) is 0 Å². The lowest BCUT2D eigenvalue weighted by Crippen LogP contribution is -2.74. The maximum Gasteiger partial charge on any atom is 0.237 e. The minimum atomic E-state index is -2.95. The highest BCUT2D eigenvalue weighted by Gasteiger charge is 2.41. The summed E-state index contributed by atoms with van der Waals surface area (Å²) in [6.45, 7) is 0. The van der Waals surface area contributed by atoms with Crippen molar-refractivity contribution in [2.45, 2.75) is 0 Å². The molecule has 0 aliphatic heterocycles. The third-order valence-electron chi connectivity index (χ3n) is 15.0. The van der Waals surface area contributed by atoms with E-state index >= 15 is 0 Å². The molecule has 8 heteroatoms. The predicted molar refractivity (Wildman–Crippen MR) is 303 cm³/mol. The number of hydrogen-bond donors (Lipinski definition) is 0. The SMILES string of the molecule is c1ccc([Si](c2ccccc2)(c2ccc(-c3cc(-n4c5ccccc5n5c6ccccc6nc45)nc(-n4c5ccccc5c5ccccc54)n3)cc2)c2ccc(-n3c4ccccc4c4ccccc43)cc2)cc1. The average Bonchev–Trinajstić information content (AvgIpc) is 4.20. The smallest absolute Gasteiger partial charge is 0.237 e. The quantitative estimate of drug-likeness (QED) is 0.113. The van der Waals surface area contributed by atoms with Gasteiger partial charge >= 0.3 is 0 Å². The minimum absolute atomic E-state index is 0.585. The van der Waals surface area contributed by atoms with Crippen LogP contribution < -0.4 is 20.7 Å². The van der Waals surface area contributed by atoms with Gasteiger partial charge in [0.1, 0.15) is 5.82 Å². The number of hydrogen-bond acceptors (Lipinski definition) is 3. The summed E-state index contributed by atoms with van der Waals surface area (Å²) < 4.78 is 9.05. The van der Waals surface area contributed by atoms with Gasteiger partial charge in [-0.3, -0.25) is 13.5 Å². The summed E-state index contributed by atoms with van der Waals surface area (Å²) in [7, 11) is -2.95. The van der Waals surface area contributed by atoms with Crippen LogP contribution in [0.2, 0.25) is 0 Å². The number of nitrogens with zero attached hydrogens (tertiary/aromatic N) is 7. The molecule has 0 N–H and O–H groups in total. The molecule has 0 radical (unpaired) electrons. The number of aromatic nitrogens is 7. The third-order valence-corrected chi connectivity index (χ3v) is 19.8. The lowest BCUT2D eigenvalue weighted by atomic mass is 10.1. The molecule has 15 aromatic rings. The van der Waals surface area contributed by atoms with Crippen molar-refractivity contribution in [2.75, 3.05) is 0 Å². The summed E-state index contributed by atoms with van der Waals surface area (Å²) >= 11 is 0. The Balaban J connectivity index is 0.947. The summed E-state index contributed by atoms with van der Waals surface area (Å²) in [5, 5.41) is 10.0. The summed E-state index contributed by atoms with van der Waals surface area (Å²) in [5.41, 5.74) is 11.4. The van der Waals surface area contributed by atoms with Crippen molar-refractivity contribution in [3.05, 3.63) is 261 Å². The maximum atomic E-state index is 5.52. The molecule has 0 bridgehead atoms. The van der Waals surface area contributed by atoms with Crippen molar-refractivity contribution in [3.8, 4) is 28.7 Å². The van der Waals surface area contributed by atoms with Crippen molar-refractivity contribution in [1.29, 1.82) is 0 Å². The summed E-state index contributed by atoms with van der Waals surface area (Å²) in [5.74, 6) is 2.11. The summed E-state index contributed by atoms with van der Waals surface area (Å²) in [6, 6.07) is 94.4. The lowest BCUT2D eigenvalue weighted by Gasteiger charge is -2.34. The number of rotatable bonds is 8. The number of benzene rings is 10. The Bertz CT molecular complexity index is 4460. The second-order valence-electron chi connectivity index (χ2n) is 18.8. The molecule has 0 fully saturated rings. The molecule has 0 atom stereocenters. The number of imidazole rings is 2. The van der Waals surface area contributed by atoms with E-state index in [1.165, 1.54) is 42.6 Å². The minimum Gasteiger partial charge on any atom is -0.309 e. The first-order chi connectivity index (χ1) is 36.2. The first kappa shape index (κ1) is 41.2. The molecule has 342 valence electrons. The molecule has 0 spiro atoms. The zero-order chi connectivity index (χ0) is 48.0. The Labute approximate surface area is 420 Å².